The topological polar surface area (TPSA) is 65.9 Å². The van der Waals surface area contributed by atoms with Gasteiger partial charge >= 0.3 is 0 Å². The van der Waals surface area contributed by atoms with Crippen molar-refractivity contribution in [2.75, 3.05) is 17.7 Å². The van der Waals surface area contributed by atoms with E-state index in [9.17, 15) is 0 Å². The molecule has 0 amide bonds. The SMILES string of the molecule is CN(c1cccc(C#N)c1)c1ncc(N)cc1Cl. The van der Waals surface area contributed by atoms with E-state index >= 15 is 0 Å². The first-order valence-electron chi connectivity index (χ1n) is 5.26. The summed E-state index contributed by atoms with van der Waals surface area (Å²) in [4.78, 5) is 6.00. The zero-order valence-electron chi connectivity index (χ0n) is 9.76. The Bertz CT molecular complexity index is 619. The summed E-state index contributed by atoms with van der Waals surface area (Å²) >= 11 is 6.10. The lowest BCUT2D eigenvalue weighted by Gasteiger charge is -2.19. The van der Waals surface area contributed by atoms with Crippen LogP contribution in [0.3, 0.4) is 0 Å². The van der Waals surface area contributed by atoms with Crippen LogP contribution in [0.4, 0.5) is 17.2 Å². The molecule has 1 aromatic carbocycles. The Morgan fingerprint density at radius 2 is 2.17 bits per heavy atom. The Morgan fingerprint density at radius 1 is 1.39 bits per heavy atom. The third-order valence-electron chi connectivity index (χ3n) is 2.52. The molecule has 90 valence electrons. The average Bonchev–Trinajstić information content (AvgIpc) is 2.38. The van der Waals surface area contributed by atoms with E-state index in [0.717, 1.165) is 5.69 Å². The van der Waals surface area contributed by atoms with Crippen LogP contribution in [0.2, 0.25) is 5.02 Å². The van der Waals surface area contributed by atoms with Crippen molar-refractivity contribution in [2.45, 2.75) is 0 Å². The number of aromatic nitrogens is 1. The second-order valence-electron chi connectivity index (χ2n) is 3.80. The number of anilines is 3. The molecular formula is C13H11ClN4. The normalized spacial score (nSPS) is 9.83. The molecule has 0 saturated carbocycles. The predicted molar refractivity (Wildman–Crippen MR) is 72.9 cm³/mol. The fourth-order valence-corrected chi connectivity index (χ4v) is 1.90. The molecule has 0 aliphatic carbocycles. The van der Waals surface area contributed by atoms with Crippen molar-refractivity contribution in [1.82, 2.24) is 4.98 Å². The van der Waals surface area contributed by atoms with Gasteiger partial charge in [-0.15, -0.1) is 0 Å². The molecule has 0 spiro atoms. The molecule has 4 nitrogen and oxygen atoms in total. The quantitative estimate of drug-likeness (QED) is 0.899. The van der Waals surface area contributed by atoms with Crippen LogP contribution in [0.1, 0.15) is 5.56 Å². The Morgan fingerprint density at radius 3 is 2.83 bits per heavy atom. The van der Waals surface area contributed by atoms with Crippen LogP contribution in [0, 0.1) is 11.3 Å². The van der Waals surface area contributed by atoms with Crippen LogP contribution in [-0.2, 0) is 0 Å². The summed E-state index contributed by atoms with van der Waals surface area (Å²) in [5.74, 6) is 0.598. The molecule has 0 aliphatic rings. The molecule has 0 unspecified atom stereocenters. The van der Waals surface area contributed by atoms with E-state index in [1.165, 1.54) is 0 Å². The minimum Gasteiger partial charge on any atom is -0.397 e. The first kappa shape index (κ1) is 12.2. The molecule has 0 radical (unpaired) electrons. The highest BCUT2D eigenvalue weighted by Gasteiger charge is 2.10. The van der Waals surface area contributed by atoms with E-state index in [4.69, 9.17) is 22.6 Å². The molecule has 2 rings (SSSR count). The molecule has 1 heterocycles. The van der Waals surface area contributed by atoms with Gasteiger partial charge in [0, 0.05) is 12.7 Å². The van der Waals surface area contributed by atoms with Crippen molar-refractivity contribution < 1.29 is 0 Å². The van der Waals surface area contributed by atoms with Crippen LogP contribution in [0.25, 0.3) is 0 Å². The smallest absolute Gasteiger partial charge is 0.151 e. The van der Waals surface area contributed by atoms with Gasteiger partial charge in [0.1, 0.15) is 0 Å². The average molecular weight is 259 g/mol. The number of benzene rings is 1. The van der Waals surface area contributed by atoms with Crippen LogP contribution in [-0.4, -0.2) is 12.0 Å². The number of rotatable bonds is 2. The van der Waals surface area contributed by atoms with Gasteiger partial charge in [-0.1, -0.05) is 17.7 Å². The van der Waals surface area contributed by atoms with Crippen molar-refractivity contribution in [1.29, 1.82) is 5.26 Å². The fourth-order valence-electron chi connectivity index (χ4n) is 1.60. The van der Waals surface area contributed by atoms with Crippen molar-refractivity contribution in [3.05, 3.63) is 47.1 Å². The molecule has 0 aliphatic heterocycles. The Balaban J connectivity index is 2.41. The lowest BCUT2D eigenvalue weighted by Crippen LogP contribution is -2.12. The highest BCUT2D eigenvalue weighted by atomic mass is 35.5. The van der Waals surface area contributed by atoms with E-state index in [2.05, 4.69) is 11.1 Å². The highest BCUT2D eigenvalue weighted by Crippen LogP contribution is 2.29. The molecule has 2 aromatic rings. The van der Waals surface area contributed by atoms with Crippen molar-refractivity contribution in [2.24, 2.45) is 0 Å². The lowest BCUT2D eigenvalue weighted by atomic mass is 10.2. The lowest BCUT2D eigenvalue weighted by molar-refractivity contribution is 1.13. The summed E-state index contributed by atoms with van der Waals surface area (Å²) in [7, 11) is 1.83. The zero-order chi connectivity index (χ0) is 13.1. The van der Waals surface area contributed by atoms with Gasteiger partial charge in [-0.3, -0.25) is 0 Å². The van der Waals surface area contributed by atoms with E-state index in [1.807, 2.05) is 24.1 Å². The number of pyridine rings is 1. The molecule has 5 heteroatoms. The maximum atomic E-state index is 8.88. The summed E-state index contributed by atoms with van der Waals surface area (Å²) < 4.78 is 0. The van der Waals surface area contributed by atoms with Crippen LogP contribution in [0.5, 0.6) is 0 Å². The summed E-state index contributed by atoms with van der Waals surface area (Å²) in [5, 5.41) is 9.35. The molecule has 1 aromatic heterocycles. The molecule has 0 fully saturated rings. The minimum atomic E-state index is 0.472. The number of hydrogen-bond donors (Lipinski definition) is 1. The predicted octanol–water partition coefficient (Wildman–Crippen LogP) is 2.96. The summed E-state index contributed by atoms with van der Waals surface area (Å²) in [5.41, 5.74) is 7.55. The maximum Gasteiger partial charge on any atom is 0.151 e. The summed E-state index contributed by atoms with van der Waals surface area (Å²) in [6, 6.07) is 11.0. The maximum absolute atomic E-state index is 8.88. The van der Waals surface area contributed by atoms with Crippen molar-refractivity contribution >= 4 is 28.8 Å². The van der Waals surface area contributed by atoms with E-state index in [0.29, 0.717) is 22.1 Å². The second kappa shape index (κ2) is 4.94. The monoisotopic (exact) mass is 258 g/mol. The Hall–Kier alpha value is -2.25. The van der Waals surface area contributed by atoms with Gasteiger partial charge in [-0.25, -0.2) is 4.98 Å². The van der Waals surface area contributed by atoms with Gasteiger partial charge in [0.05, 0.1) is 28.5 Å². The fraction of sp³-hybridized carbons (Fsp3) is 0.0769. The van der Waals surface area contributed by atoms with Gasteiger partial charge in [0.2, 0.25) is 0 Å². The Kier molecular flexibility index (Phi) is 3.35. The summed E-state index contributed by atoms with van der Waals surface area (Å²) in [6.07, 6.45) is 1.55. The number of nitriles is 1. The van der Waals surface area contributed by atoms with Gasteiger partial charge in [0.15, 0.2) is 5.82 Å². The van der Waals surface area contributed by atoms with Gasteiger partial charge < -0.3 is 10.6 Å². The van der Waals surface area contributed by atoms with Gasteiger partial charge in [-0.2, -0.15) is 5.26 Å². The third kappa shape index (κ3) is 2.36. The number of halogens is 1. The van der Waals surface area contributed by atoms with E-state index in [-0.39, 0.29) is 0 Å². The van der Waals surface area contributed by atoms with Crippen LogP contribution < -0.4 is 10.6 Å². The van der Waals surface area contributed by atoms with Crippen LogP contribution in [0.15, 0.2) is 36.5 Å². The third-order valence-corrected chi connectivity index (χ3v) is 2.80. The molecule has 18 heavy (non-hydrogen) atoms. The number of nitrogens with zero attached hydrogens (tertiary/aromatic N) is 3. The van der Waals surface area contributed by atoms with Crippen molar-refractivity contribution in [3.63, 3.8) is 0 Å². The Labute approximate surface area is 110 Å². The first-order chi connectivity index (χ1) is 8.61. The van der Waals surface area contributed by atoms with Crippen molar-refractivity contribution in [3.8, 4) is 6.07 Å². The summed E-state index contributed by atoms with van der Waals surface area (Å²) in [6.45, 7) is 0. The second-order valence-corrected chi connectivity index (χ2v) is 4.20. The number of hydrogen-bond acceptors (Lipinski definition) is 4. The molecule has 0 saturated heterocycles. The van der Waals surface area contributed by atoms with Crippen LogP contribution >= 0.6 is 11.6 Å². The van der Waals surface area contributed by atoms with E-state index < -0.39 is 0 Å². The number of nitrogen functional groups attached to an aromatic ring is 1. The molecule has 0 bridgehead atoms. The highest BCUT2D eigenvalue weighted by molar-refractivity contribution is 6.33. The molecule has 2 N–H and O–H groups in total. The molecule has 0 atom stereocenters. The molecular weight excluding hydrogens is 248 g/mol. The first-order valence-corrected chi connectivity index (χ1v) is 5.64. The largest absolute Gasteiger partial charge is 0.397 e. The number of nitrogens with two attached hydrogens (primary N) is 1. The standard InChI is InChI=1S/C13H11ClN4/c1-18(11-4-2-3-9(5-11)7-15)13-12(14)6-10(16)8-17-13/h2-6,8H,16H2,1H3. The minimum absolute atomic E-state index is 0.472. The van der Waals surface area contributed by atoms with Gasteiger partial charge in [0.25, 0.3) is 0 Å². The van der Waals surface area contributed by atoms with Gasteiger partial charge in [-0.05, 0) is 24.3 Å². The van der Waals surface area contributed by atoms with E-state index in [1.54, 1.807) is 24.4 Å². The zero-order valence-corrected chi connectivity index (χ0v) is 10.5.